The van der Waals surface area contributed by atoms with E-state index in [1.165, 1.54) is 0 Å². The minimum Gasteiger partial charge on any atom is -0.310 e. The van der Waals surface area contributed by atoms with Gasteiger partial charge < -0.3 is 5.32 Å². The fourth-order valence-corrected chi connectivity index (χ4v) is 2.56. The Bertz CT molecular complexity index is 568. The van der Waals surface area contributed by atoms with E-state index in [9.17, 15) is 4.39 Å². The van der Waals surface area contributed by atoms with Crippen LogP contribution in [0.5, 0.6) is 0 Å². The van der Waals surface area contributed by atoms with Crippen molar-refractivity contribution in [1.82, 2.24) is 15.1 Å². The molecule has 3 nitrogen and oxygen atoms in total. The monoisotopic (exact) mass is 339 g/mol. The third kappa shape index (κ3) is 3.67. The lowest BCUT2D eigenvalue weighted by Gasteiger charge is -2.19. The van der Waals surface area contributed by atoms with Gasteiger partial charge in [0.05, 0.1) is 10.2 Å². The number of rotatable bonds is 6. The Morgan fingerprint density at radius 1 is 1.40 bits per heavy atom. The molecule has 5 heteroatoms. The van der Waals surface area contributed by atoms with E-state index in [2.05, 4.69) is 33.3 Å². The zero-order valence-electron chi connectivity index (χ0n) is 11.7. The standard InChI is InChI=1S/C15H19BrFN3/c1-3-8-18-14(10-11-7-9-20(2)19-11)12-5-4-6-13(16)15(12)17/h4-7,9,14,18H,3,8,10H2,1-2H3. The SMILES string of the molecule is CCCNC(Cc1ccn(C)n1)c1cccc(Br)c1F. The molecular weight excluding hydrogens is 321 g/mol. The minimum absolute atomic E-state index is 0.0673. The lowest BCUT2D eigenvalue weighted by Crippen LogP contribution is -2.25. The van der Waals surface area contributed by atoms with Crippen molar-refractivity contribution in [2.45, 2.75) is 25.8 Å². The van der Waals surface area contributed by atoms with Gasteiger partial charge in [0.2, 0.25) is 0 Å². The molecule has 0 spiro atoms. The zero-order valence-corrected chi connectivity index (χ0v) is 13.3. The Labute approximate surface area is 127 Å². The Morgan fingerprint density at radius 2 is 2.20 bits per heavy atom. The summed E-state index contributed by atoms with van der Waals surface area (Å²) in [6.45, 7) is 2.95. The first-order valence-corrected chi connectivity index (χ1v) is 7.57. The van der Waals surface area contributed by atoms with E-state index in [0.717, 1.165) is 18.7 Å². The molecule has 0 aliphatic carbocycles. The molecule has 0 aliphatic rings. The smallest absolute Gasteiger partial charge is 0.142 e. The minimum atomic E-state index is -0.197. The van der Waals surface area contributed by atoms with Crippen LogP contribution in [0.1, 0.15) is 30.6 Å². The summed E-state index contributed by atoms with van der Waals surface area (Å²) in [6.07, 6.45) is 3.59. The molecule has 1 aromatic carbocycles. The van der Waals surface area contributed by atoms with Gasteiger partial charge in [0, 0.05) is 31.3 Å². The van der Waals surface area contributed by atoms with E-state index >= 15 is 0 Å². The van der Waals surface area contributed by atoms with Gasteiger partial charge in [-0.25, -0.2) is 4.39 Å². The number of aryl methyl sites for hydroxylation is 1. The van der Waals surface area contributed by atoms with Crippen molar-refractivity contribution in [3.63, 3.8) is 0 Å². The molecule has 0 aliphatic heterocycles. The summed E-state index contributed by atoms with van der Waals surface area (Å²) < 4.78 is 16.5. The van der Waals surface area contributed by atoms with Crippen LogP contribution in [0, 0.1) is 5.82 Å². The van der Waals surface area contributed by atoms with Crippen LogP contribution in [0.15, 0.2) is 34.9 Å². The average Bonchev–Trinajstić information content (AvgIpc) is 2.83. The van der Waals surface area contributed by atoms with Crippen LogP contribution in [0.25, 0.3) is 0 Å². The van der Waals surface area contributed by atoms with Gasteiger partial charge in [-0.15, -0.1) is 0 Å². The Balaban J connectivity index is 2.24. The maximum Gasteiger partial charge on any atom is 0.142 e. The largest absolute Gasteiger partial charge is 0.310 e. The molecule has 1 aromatic heterocycles. The molecule has 0 saturated heterocycles. The molecule has 108 valence electrons. The number of nitrogens with zero attached hydrogens (tertiary/aromatic N) is 2. The molecule has 1 heterocycles. The molecule has 1 atom stereocenters. The van der Waals surface area contributed by atoms with Crippen molar-refractivity contribution in [3.8, 4) is 0 Å². The van der Waals surface area contributed by atoms with Gasteiger partial charge in [0.25, 0.3) is 0 Å². The highest BCUT2D eigenvalue weighted by molar-refractivity contribution is 9.10. The van der Waals surface area contributed by atoms with Gasteiger partial charge in [-0.05, 0) is 41.0 Å². The van der Waals surface area contributed by atoms with Crippen molar-refractivity contribution in [1.29, 1.82) is 0 Å². The quantitative estimate of drug-likeness (QED) is 0.871. The predicted octanol–water partition coefficient (Wildman–Crippen LogP) is 3.61. The lowest BCUT2D eigenvalue weighted by atomic mass is 10.0. The summed E-state index contributed by atoms with van der Waals surface area (Å²) in [5.74, 6) is -0.197. The van der Waals surface area contributed by atoms with Crippen molar-refractivity contribution in [2.75, 3.05) is 6.54 Å². The second-order valence-electron chi connectivity index (χ2n) is 4.83. The van der Waals surface area contributed by atoms with Gasteiger partial charge in [-0.2, -0.15) is 5.10 Å². The molecule has 0 radical (unpaired) electrons. The normalized spacial score (nSPS) is 12.6. The molecule has 0 fully saturated rings. The van der Waals surface area contributed by atoms with Gasteiger partial charge in [-0.3, -0.25) is 4.68 Å². The third-order valence-corrected chi connectivity index (χ3v) is 3.79. The van der Waals surface area contributed by atoms with E-state index in [4.69, 9.17) is 0 Å². The number of nitrogens with one attached hydrogen (secondary N) is 1. The highest BCUT2D eigenvalue weighted by Crippen LogP contribution is 2.26. The van der Waals surface area contributed by atoms with Gasteiger partial charge in [0.15, 0.2) is 0 Å². The highest BCUT2D eigenvalue weighted by atomic mass is 79.9. The van der Waals surface area contributed by atoms with Crippen molar-refractivity contribution in [2.24, 2.45) is 7.05 Å². The van der Waals surface area contributed by atoms with Gasteiger partial charge >= 0.3 is 0 Å². The number of halogens is 2. The highest BCUT2D eigenvalue weighted by Gasteiger charge is 2.18. The van der Waals surface area contributed by atoms with Crippen LogP contribution < -0.4 is 5.32 Å². The van der Waals surface area contributed by atoms with Gasteiger partial charge in [-0.1, -0.05) is 19.1 Å². The van der Waals surface area contributed by atoms with E-state index in [1.807, 2.05) is 31.4 Å². The van der Waals surface area contributed by atoms with E-state index in [-0.39, 0.29) is 11.9 Å². The second kappa shape index (κ2) is 6.99. The summed E-state index contributed by atoms with van der Waals surface area (Å²) in [4.78, 5) is 0. The van der Waals surface area contributed by atoms with Crippen LogP contribution in [-0.4, -0.2) is 16.3 Å². The van der Waals surface area contributed by atoms with E-state index in [0.29, 0.717) is 16.5 Å². The summed E-state index contributed by atoms with van der Waals surface area (Å²) in [6, 6.07) is 7.31. The maximum absolute atomic E-state index is 14.3. The van der Waals surface area contributed by atoms with E-state index < -0.39 is 0 Å². The van der Waals surface area contributed by atoms with Crippen LogP contribution in [0.3, 0.4) is 0 Å². The summed E-state index contributed by atoms with van der Waals surface area (Å²) in [5.41, 5.74) is 1.64. The number of aromatic nitrogens is 2. The molecule has 20 heavy (non-hydrogen) atoms. The predicted molar refractivity (Wildman–Crippen MR) is 82.0 cm³/mol. The van der Waals surface area contributed by atoms with Crippen LogP contribution in [-0.2, 0) is 13.5 Å². The first-order valence-electron chi connectivity index (χ1n) is 6.77. The fourth-order valence-electron chi connectivity index (χ4n) is 2.18. The summed E-state index contributed by atoms with van der Waals surface area (Å²) in [7, 11) is 1.89. The third-order valence-electron chi connectivity index (χ3n) is 3.18. The zero-order chi connectivity index (χ0) is 14.5. The Morgan fingerprint density at radius 3 is 2.85 bits per heavy atom. The summed E-state index contributed by atoms with van der Waals surface area (Å²) in [5, 5.41) is 7.78. The van der Waals surface area contributed by atoms with Crippen molar-refractivity contribution in [3.05, 3.63) is 52.0 Å². The topological polar surface area (TPSA) is 29.9 Å². The molecule has 1 unspecified atom stereocenters. The van der Waals surface area contributed by atoms with Crippen molar-refractivity contribution < 1.29 is 4.39 Å². The molecular formula is C15H19BrFN3. The average molecular weight is 340 g/mol. The number of benzene rings is 1. The molecule has 0 amide bonds. The maximum atomic E-state index is 14.3. The van der Waals surface area contributed by atoms with Crippen LogP contribution >= 0.6 is 15.9 Å². The Hall–Kier alpha value is -1.20. The number of hydrogen-bond acceptors (Lipinski definition) is 2. The van der Waals surface area contributed by atoms with Crippen molar-refractivity contribution >= 4 is 15.9 Å². The molecule has 0 bridgehead atoms. The van der Waals surface area contributed by atoms with Crippen LogP contribution in [0.4, 0.5) is 4.39 Å². The molecule has 2 rings (SSSR count). The first-order chi connectivity index (χ1) is 9.61. The van der Waals surface area contributed by atoms with Gasteiger partial charge in [0.1, 0.15) is 5.82 Å². The first kappa shape index (κ1) is 15.2. The fraction of sp³-hybridized carbons (Fsp3) is 0.400. The Kier molecular flexibility index (Phi) is 5.31. The summed E-state index contributed by atoms with van der Waals surface area (Å²) >= 11 is 3.25. The van der Waals surface area contributed by atoms with E-state index in [1.54, 1.807) is 10.7 Å². The molecule has 1 N–H and O–H groups in total. The van der Waals surface area contributed by atoms with Crippen LogP contribution in [0.2, 0.25) is 0 Å². The lowest BCUT2D eigenvalue weighted by molar-refractivity contribution is 0.489. The molecule has 2 aromatic rings. The second-order valence-corrected chi connectivity index (χ2v) is 5.69. The number of hydrogen-bond donors (Lipinski definition) is 1. The molecule has 0 saturated carbocycles.